The van der Waals surface area contributed by atoms with Gasteiger partial charge in [-0.15, -0.1) is 0 Å². The van der Waals surface area contributed by atoms with E-state index < -0.39 is 0 Å². The number of carbonyl (C=O) groups is 1. The molecule has 0 aromatic carbocycles. The van der Waals surface area contributed by atoms with Gasteiger partial charge in [0.05, 0.1) is 7.11 Å². The first kappa shape index (κ1) is 14.8. The van der Waals surface area contributed by atoms with E-state index in [1.54, 1.807) is 0 Å². The fourth-order valence-corrected chi connectivity index (χ4v) is 2.59. The van der Waals surface area contributed by atoms with Crippen molar-refractivity contribution < 1.29 is 9.53 Å². The zero-order valence-corrected chi connectivity index (χ0v) is 12.4. The van der Waals surface area contributed by atoms with Crippen molar-refractivity contribution in [2.75, 3.05) is 39.8 Å². The van der Waals surface area contributed by atoms with E-state index in [1.807, 2.05) is 0 Å². The Kier molecular flexibility index (Phi) is 5.19. The van der Waals surface area contributed by atoms with Crippen LogP contribution in [0.4, 0.5) is 0 Å². The van der Waals surface area contributed by atoms with Gasteiger partial charge in [0.25, 0.3) is 0 Å². The van der Waals surface area contributed by atoms with Gasteiger partial charge in [-0.3, -0.25) is 14.6 Å². The summed E-state index contributed by atoms with van der Waals surface area (Å²) in [5.74, 6) is -0.127. The average Bonchev–Trinajstić information content (AvgIpc) is 3.21. The van der Waals surface area contributed by atoms with E-state index in [9.17, 15) is 4.79 Å². The lowest BCUT2D eigenvalue weighted by Gasteiger charge is -2.38. The minimum atomic E-state index is -0.164. The van der Waals surface area contributed by atoms with Crippen LogP contribution in [0.2, 0.25) is 0 Å². The number of piperazine rings is 1. The molecule has 1 N–H and O–H groups in total. The average molecular weight is 269 g/mol. The number of rotatable bonds is 6. The number of hydrogen-bond donors (Lipinski definition) is 1. The van der Waals surface area contributed by atoms with E-state index in [0.29, 0.717) is 12.1 Å². The van der Waals surface area contributed by atoms with E-state index >= 15 is 0 Å². The molecule has 1 unspecified atom stereocenters. The second kappa shape index (κ2) is 6.68. The minimum absolute atomic E-state index is 0.127. The lowest BCUT2D eigenvalue weighted by molar-refractivity contribution is -0.143. The van der Waals surface area contributed by atoms with Gasteiger partial charge in [-0.1, -0.05) is 0 Å². The van der Waals surface area contributed by atoms with Crippen LogP contribution in [0.3, 0.4) is 0 Å². The van der Waals surface area contributed by atoms with Crippen LogP contribution in [0, 0.1) is 0 Å². The Morgan fingerprint density at radius 2 is 1.89 bits per heavy atom. The smallest absolute Gasteiger partial charge is 0.324 e. The maximum atomic E-state index is 11.8. The largest absolute Gasteiger partial charge is 0.468 e. The summed E-state index contributed by atoms with van der Waals surface area (Å²) in [6.07, 6.45) is 2.38. The first-order valence-corrected chi connectivity index (χ1v) is 7.40. The van der Waals surface area contributed by atoms with Crippen molar-refractivity contribution in [3.63, 3.8) is 0 Å². The van der Waals surface area contributed by atoms with Crippen molar-refractivity contribution in [3.8, 4) is 0 Å². The van der Waals surface area contributed by atoms with Gasteiger partial charge >= 0.3 is 5.97 Å². The molecule has 1 aliphatic heterocycles. The van der Waals surface area contributed by atoms with Crippen molar-refractivity contribution in [1.29, 1.82) is 0 Å². The van der Waals surface area contributed by atoms with E-state index in [4.69, 9.17) is 4.74 Å². The third kappa shape index (κ3) is 4.44. The molecule has 0 aromatic heterocycles. The summed E-state index contributed by atoms with van der Waals surface area (Å²) < 4.78 is 4.90. The van der Waals surface area contributed by atoms with Gasteiger partial charge in [-0.05, 0) is 26.7 Å². The molecule has 2 fully saturated rings. The Balaban J connectivity index is 1.79. The lowest BCUT2D eigenvalue weighted by Crippen LogP contribution is -2.54. The highest BCUT2D eigenvalue weighted by Crippen LogP contribution is 2.20. The number of ether oxygens (including phenoxy) is 1. The number of carbonyl (C=O) groups excluding carboxylic acids is 1. The van der Waals surface area contributed by atoms with Crippen LogP contribution in [0.15, 0.2) is 0 Å². The highest BCUT2D eigenvalue weighted by Gasteiger charge is 2.31. The summed E-state index contributed by atoms with van der Waals surface area (Å²) in [4.78, 5) is 16.7. The molecule has 19 heavy (non-hydrogen) atoms. The van der Waals surface area contributed by atoms with Crippen molar-refractivity contribution >= 4 is 5.97 Å². The summed E-state index contributed by atoms with van der Waals surface area (Å²) in [5.41, 5.74) is 0. The Bertz CT molecular complexity index is 297. The van der Waals surface area contributed by atoms with Crippen LogP contribution in [0.1, 0.15) is 26.7 Å². The van der Waals surface area contributed by atoms with Gasteiger partial charge < -0.3 is 10.1 Å². The fourth-order valence-electron chi connectivity index (χ4n) is 2.59. The molecule has 0 aromatic rings. The normalized spacial score (nSPS) is 23.6. The van der Waals surface area contributed by atoms with Gasteiger partial charge in [-0.2, -0.15) is 0 Å². The molecular formula is C14H27N3O2. The Hall–Kier alpha value is -0.650. The topological polar surface area (TPSA) is 44.8 Å². The summed E-state index contributed by atoms with van der Waals surface area (Å²) in [6.45, 7) is 9.51. The Morgan fingerprint density at radius 3 is 2.37 bits per heavy atom. The minimum Gasteiger partial charge on any atom is -0.468 e. The maximum absolute atomic E-state index is 11.8. The second-order valence-electron chi connectivity index (χ2n) is 5.95. The molecular weight excluding hydrogens is 242 g/mol. The third-order valence-electron chi connectivity index (χ3n) is 4.08. The summed E-state index contributed by atoms with van der Waals surface area (Å²) >= 11 is 0. The van der Waals surface area contributed by atoms with Crippen molar-refractivity contribution in [2.45, 2.75) is 44.8 Å². The zero-order chi connectivity index (χ0) is 13.8. The van der Waals surface area contributed by atoms with Crippen LogP contribution >= 0.6 is 0 Å². The summed E-state index contributed by atoms with van der Waals surface area (Å²) in [6, 6.07) is 0.979. The summed E-state index contributed by atoms with van der Waals surface area (Å²) in [7, 11) is 1.47. The van der Waals surface area contributed by atoms with Gasteiger partial charge in [0.2, 0.25) is 0 Å². The van der Waals surface area contributed by atoms with Crippen LogP contribution in [-0.4, -0.2) is 73.7 Å². The molecule has 2 rings (SSSR count). The molecule has 0 radical (unpaired) electrons. The number of esters is 1. The highest BCUT2D eigenvalue weighted by atomic mass is 16.5. The van der Waals surface area contributed by atoms with Gasteiger partial charge in [0.15, 0.2) is 0 Å². The molecule has 1 aliphatic carbocycles. The quantitative estimate of drug-likeness (QED) is 0.703. The number of hydrogen-bond acceptors (Lipinski definition) is 5. The van der Waals surface area contributed by atoms with Gasteiger partial charge in [0, 0.05) is 44.8 Å². The zero-order valence-electron chi connectivity index (χ0n) is 12.4. The van der Waals surface area contributed by atoms with E-state index in [0.717, 1.165) is 32.7 Å². The van der Waals surface area contributed by atoms with Crippen molar-refractivity contribution in [1.82, 2.24) is 15.1 Å². The van der Waals surface area contributed by atoms with Crippen LogP contribution < -0.4 is 5.32 Å². The van der Waals surface area contributed by atoms with Crippen molar-refractivity contribution in [3.05, 3.63) is 0 Å². The predicted molar refractivity (Wildman–Crippen MR) is 75.1 cm³/mol. The third-order valence-corrected chi connectivity index (χ3v) is 4.08. The molecule has 1 saturated carbocycles. The standard InChI is InChI=1S/C14H27N3O2/c1-11(2)17-8-6-16(7-9-17)10-13(14(18)19-3)15-12-4-5-12/h11-13,15H,4-10H2,1-3H3. The monoisotopic (exact) mass is 269 g/mol. The molecule has 5 nitrogen and oxygen atoms in total. The molecule has 2 aliphatic rings. The number of methoxy groups -OCH3 is 1. The van der Waals surface area contributed by atoms with Gasteiger partial charge in [-0.25, -0.2) is 0 Å². The molecule has 0 bridgehead atoms. The highest BCUT2D eigenvalue weighted by molar-refractivity contribution is 5.76. The lowest BCUT2D eigenvalue weighted by atomic mass is 10.2. The Labute approximate surface area is 116 Å². The van der Waals surface area contributed by atoms with Crippen LogP contribution in [0.25, 0.3) is 0 Å². The molecule has 110 valence electrons. The first-order chi connectivity index (χ1) is 9.10. The molecule has 5 heteroatoms. The second-order valence-corrected chi connectivity index (χ2v) is 5.95. The van der Waals surface area contributed by atoms with E-state index in [2.05, 4.69) is 29.0 Å². The molecule has 0 amide bonds. The van der Waals surface area contributed by atoms with Crippen LogP contribution in [0.5, 0.6) is 0 Å². The van der Waals surface area contributed by atoms with E-state index in [-0.39, 0.29) is 12.0 Å². The molecule has 0 spiro atoms. The van der Waals surface area contributed by atoms with E-state index in [1.165, 1.54) is 20.0 Å². The number of nitrogens with zero attached hydrogens (tertiary/aromatic N) is 2. The predicted octanol–water partition coefficient (Wildman–Crippen LogP) is 0.306. The fraction of sp³-hybridized carbons (Fsp3) is 0.929. The molecule has 1 saturated heterocycles. The summed E-state index contributed by atoms with van der Waals surface area (Å²) in [5, 5.41) is 3.39. The SMILES string of the molecule is COC(=O)C(CN1CCN(C(C)C)CC1)NC1CC1. The first-order valence-electron chi connectivity index (χ1n) is 7.40. The van der Waals surface area contributed by atoms with Gasteiger partial charge in [0.1, 0.15) is 6.04 Å². The van der Waals surface area contributed by atoms with Crippen LogP contribution in [-0.2, 0) is 9.53 Å². The Morgan fingerprint density at radius 1 is 1.26 bits per heavy atom. The van der Waals surface area contributed by atoms with Crippen molar-refractivity contribution in [2.24, 2.45) is 0 Å². The molecule has 1 heterocycles. The molecule has 1 atom stereocenters. The maximum Gasteiger partial charge on any atom is 0.324 e. The number of nitrogens with one attached hydrogen (secondary N) is 1.